The number of carbonyl (C=O) groups is 2. The Morgan fingerprint density at radius 2 is 2.00 bits per heavy atom. The van der Waals surface area contributed by atoms with E-state index in [0.717, 1.165) is 17.0 Å². The summed E-state index contributed by atoms with van der Waals surface area (Å²) in [5.41, 5.74) is -0.318. The second-order valence-electron chi connectivity index (χ2n) is 4.93. The maximum Gasteiger partial charge on any atom is 0.323 e. The molecule has 8 heteroatoms. The van der Waals surface area contributed by atoms with Gasteiger partial charge in [-0.1, -0.05) is 25.4 Å². The fraction of sp³-hybridized carbons (Fsp3) is 0.385. The van der Waals surface area contributed by atoms with Crippen LogP contribution in [-0.2, 0) is 4.79 Å². The molecule has 0 heterocycles. The van der Waals surface area contributed by atoms with E-state index in [9.17, 15) is 19.7 Å². The number of carboxylic acid groups (broad SMARTS) is 1. The van der Waals surface area contributed by atoms with Gasteiger partial charge in [0.25, 0.3) is 11.6 Å². The molecular weight excluding hydrogens is 300 g/mol. The van der Waals surface area contributed by atoms with Crippen LogP contribution in [0.1, 0.15) is 24.2 Å². The van der Waals surface area contributed by atoms with E-state index in [4.69, 9.17) is 16.7 Å². The van der Waals surface area contributed by atoms with Crippen molar-refractivity contribution in [2.24, 2.45) is 5.92 Å². The second kappa shape index (κ2) is 7.03. The number of halogens is 1. The first-order valence-electron chi connectivity index (χ1n) is 6.16. The zero-order chi connectivity index (χ0) is 16.2. The highest BCUT2D eigenvalue weighted by Gasteiger charge is 2.22. The summed E-state index contributed by atoms with van der Waals surface area (Å²) in [5, 5.41) is 19.7. The van der Waals surface area contributed by atoms with Gasteiger partial charge < -0.3 is 10.0 Å². The lowest BCUT2D eigenvalue weighted by Crippen LogP contribution is -2.38. The third kappa shape index (κ3) is 5.03. The maximum atomic E-state index is 12.3. The molecule has 7 nitrogen and oxygen atoms in total. The first-order valence-corrected chi connectivity index (χ1v) is 6.54. The molecule has 0 spiro atoms. The summed E-state index contributed by atoms with van der Waals surface area (Å²) in [6.07, 6.45) is 0. The number of nitrogens with zero attached hydrogens (tertiary/aromatic N) is 2. The molecule has 1 amide bonds. The van der Waals surface area contributed by atoms with Crippen LogP contribution >= 0.6 is 11.6 Å². The topological polar surface area (TPSA) is 101 Å². The van der Waals surface area contributed by atoms with E-state index in [-0.39, 0.29) is 28.7 Å². The van der Waals surface area contributed by atoms with E-state index >= 15 is 0 Å². The molecule has 1 N–H and O–H groups in total. The van der Waals surface area contributed by atoms with Crippen LogP contribution in [0.2, 0.25) is 5.02 Å². The van der Waals surface area contributed by atoms with Gasteiger partial charge in [0.2, 0.25) is 0 Å². The fourth-order valence-corrected chi connectivity index (χ4v) is 2.04. The third-order valence-corrected chi connectivity index (χ3v) is 2.76. The first kappa shape index (κ1) is 16.9. The minimum atomic E-state index is -1.15. The Morgan fingerprint density at radius 1 is 1.38 bits per heavy atom. The Morgan fingerprint density at radius 3 is 2.48 bits per heavy atom. The lowest BCUT2D eigenvalue weighted by molar-refractivity contribution is -0.384. The van der Waals surface area contributed by atoms with Crippen molar-refractivity contribution in [1.29, 1.82) is 0 Å². The van der Waals surface area contributed by atoms with E-state index in [1.54, 1.807) is 0 Å². The summed E-state index contributed by atoms with van der Waals surface area (Å²) in [5.74, 6) is -1.69. The van der Waals surface area contributed by atoms with Crippen LogP contribution in [0, 0.1) is 16.0 Å². The largest absolute Gasteiger partial charge is 0.480 e. The van der Waals surface area contributed by atoms with Crippen LogP contribution in [0.15, 0.2) is 18.2 Å². The van der Waals surface area contributed by atoms with E-state index in [2.05, 4.69) is 0 Å². The number of non-ortho nitro benzene ring substituents is 1. The van der Waals surface area contributed by atoms with Crippen molar-refractivity contribution in [2.75, 3.05) is 13.1 Å². The molecule has 0 aliphatic heterocycles. The van der Waals surface area contributed by atoms with Crippen LogP contribution in [0.3, 0.4) is 0 Å². The average molecular weight is 315 g/mol. The molecule has 0 radical (unpaired) electrons. The summed E-state index contributed by atoms with van der Waals surface area (Å²) in [7, 11) is 0. The predicted molar refractivity (Wildman–Crippen MR) is 76.5 cm³/mol. The highest BCUT2D eigenvalue weighted by atomic mass is 35.5. The van der Waals surface area contributed by atoms with Crippen molar-refractivity contribution in [2.45, 2.75) is 13.8 Å². The zero-order valence-corrected chi connectivity index (χ0v) is 12.3. The van der Waals surface area contributed by atoms with Crippen molar-refractivity contribution < 1.29 is 19.6 Å². The molecule has 0 aliphatic rings. The predicted octanol–water partition coefficient (Wildman–Crippen LogP) is 2.43. The van der Waals surface area contributed by atoms with Gasteiger partial charge in [-0.05, 0) is 12.0 Å². The molecule has 1 aromatic rings. The second-order valence-corrected chi connectivity index (χ2v) is 5.36. The molecule has 0 saturated carbocycles. The van der Waals surface area contributed by atoms with Gasteiger partial charge in [-0.15, -0.1) is 0 Å². The van der Waals surface area contributed by atoms with Crippen molar-refractivity contribution >= 4 is 29.2 Å². The number of carbonyl (C=O) groups excluding carboxylic acids is 1. The minimum absolute atomic E-state index is 0.00361. The first-order chi connectivity index (χ1) is 9.70. The molecule has 0 atom stereocenters. The quantitative estimate of drug-likeness (QED) is 0.642. The van der Waals surface area contributed by atoms with Gasteiger partial charge in [0, 0.05) is 29.3 Å². The standard InChI is InChI=1S/C13H15ClN2O5/c1-8(2)6-15(7-12(17)18)13(19)9-3-10(14)5-11(4-9)16(20)21/h3-5,8H,6-7H2,1-2H3,(H,17,18). The molecule has 0 saturated heterocycles. The number of aliphatic carboxylic acids is 1. The van der Waals surface area contributed by atoms with Crippen LogP contribution < -0.4 is 0 Å². The summed E-state index contributed by atoms with van der Waals surface area (Å²) in [6.45, 7) is 3.42. The number of nitro benzene ring substituents is 1. The molecule has 114 valence electrons. The number of carboxylic acids is 1. The normalized spacial score (nSPS) is 10.5. The number of amides is 1. The Kier molecular flexibility index (Phi) is 5.66. The van der Waals surface area contributed by atoms with Gasteiger partial charge in [0.1, 0.15) is 6.54 Å². The van der Waals surface area contributed by atoms with Crippen molar-refractivity contribution in [3.8, 4) is 0 Å². The van der Waals surface area contributed by atoms with E-state index in [0.29, 0.717) is 0 Å². The molecule has 1 rings (SSSR count). The third-order valence-electron chi connectivity index (χ3n) is 2.54. The molecular formula is C13H15ClN2O5. The highest BCUT2D eigenvalue weighted by Crippen LogP contribution is 2.22. The van der Waals surface area contributed by atoms with Gasteiger partial charge in [-0.25, -0.2) is 0 Å². The Balaban J connectivity index is 3.13. The number of nitro groups is 1. The monoisotopic (exact) mass is 314 g/mol. The molecule has 0 aliphatic carbocycles. The fourth-order valence-electron chi connectivity index (χ4n) is 1.81. The Hall–Kier alpha value is -2.15. The highest BCUT2D eigenvalue weighted by molar-refractivity contribution is 6.31. The lowest BCUT2D eigenvalue weighted by Gasteiger charge is -2.22. The van der Waals surface area contributed by atoms with Crippen molar-refractivity contribution in [3.05, 3.63) is 38.9 Å². The SMILES string of the molecule is CC(C)CN(CC(=O)O)C(=O)c1cc(Cl)cc([N+](=O)[O-])c1. The van der Waals surface area contributed by atoms with Crippen LogP contribution in [0.4, 0.5) is 5.69 Å². The Labute approximate surface area is 126 Å². The molecule has 1 aromatic carbocycles. The maximum absolute atomic E-state index is 12.3. The van der Waals surface area contributed by atoms with Gasteiger partial charge in [-0.3, -0.25) is 19.7 Å². The van der Waals surface area contributed by atoms with Crippen molar-refractivity contribution in [1.82, 2.24) is 4.90 Å². The molecule has 0 bridgehead atoms. The van der Waals surface area contributed by atoms with Gasteiger partial charge in [0.15, 0.2) is 0 Å². The number of rotatable bonds is 6. The molecule has 0 fully saturated rings. The van der Waals surface area contributed by atoms with Gasteiger partial charge in [-0.2, -0.15) is 0 Å². The van der Waals surface area contributed by atoms with Crippen molar-refractivity contribution in [3.63, 3.8) is 0 Å². The number of benzene rings is 1. The minimum Gasteiger partial charge on any atom is -0.480 e. The summed E-state index contributed by atoms with van der Waals surface area (Å²) >= 11 is 5.76. The van der Waals surface area contributed by atoms with E-state index < -0.39 is 23.3 Å². The summed E-state index contributed by atoms with van der Waals surface area (Å²) in [4.78, 5) is 34.4. The summed E-state index contributed by atoms with van der Waals surface area (Å²) < 4.78 is 0. The number of hydrogen-bond acceptors (Lipinski definition) is 4. The smallest absolute Gasteiger partial charge is 0.323 e. The molecule has 21 heavy (non-hydrogen) atoms. The lowest BCUT2D eigenvalue weighted by atomic mass is 10.1. The Bertz CT molecular complexity index is 574. The van der Waals surface area contributed by atoms with Crippen LogP contribution in [-0.4, -0.2) is 39.9 Å². The van der Waals surface area contributed by atoms with E-state index in [1.807, 2.05) is 13.8 Å². The molecule has 0 unspecified atom stereocenters. The van der Waals surface area contributed by atoms with E-state index in [1.165, 1.54) is 6.07 Å². The van der Waals surface area contributed by atoms with Gasteiger partial charge >= 0.3 is 5.97 Å². The summed E-state index contributed by atoms with van der Waals surface area (Å²) in [6, 6.07) is 3.50. The van der Waals surface area contributed by atoms with Gasteiger partial charge in [0.05, 0.1) is 4.92 Å². The van der Waals surface area contributed by atoms with Crippen LogP contribution in [0.25, 0.3) is 0 Å². The number of hydrogen-bond donors (Lipinski definition) is 1. The van der Waals surface area contributed by atoms with Crippen LogP contribution in [0.5, 0.6) is 0 Å². The average Bonchev–Trinajstić information content (AvgIpc) is 2.35. The molecule has 0 aromatic heterocycles. The zero-order valence-electron chi connectivity index (χ0n) is 11.6.